The molecule has 1 unspecified atom stereocenters. The molecule has 0 aliphatic carbocycles. The van der Waals surface area contributed by atoms with E-state index in [9.17, 15) is 24.5 Å². The average molecular weight is 463 g/mol. The average Bonchev–Trinajstić information content (AvgIpc) is 2.78. The summed E-state index contributed by atoms with van der Waals surface area (Å²) < 4.78 is 15.9. The fourth-order valence-corrected chi connectivity index (χ4v) is 3.01. The third-order valence-corrected chi connectivity index (χ3v) is 4.85. The highest BCUT2D eigenvalue weighted by atomic mass is 35.5. The molecule has 0 radical (unpaired) electrons. The first-order chi connectivity index (χ1) is 15.2. The fourth-order valence-electron chi connectivity index (χ4n) is 2.84. The van der Waals surface area contributed by atoms with Crippen LogP contribution in [0.5, 0.6) is 11.5 Å². The number of nitro benzene ring substituents is 1. The normalized spacial score (nSPS) is 13.1. The van der Waals surface area contributed by atoms with E-state index in [1.165, 1.54) is 19.1 Å². The SMILES string of the molecule is CC(OC(=O)CCC(=O)c1ccc2c(c1)OCCO2)C(=O)Nc1cc([N+](=O)[O-])ccc1Cl. The number of hydrogen-bond acceptors (Lipinski definition) is 8. The highest BCUT2D eigenvalue weighted by Gasteiger charge is 2.21. The maximum absolute atomic E-state index is 12.4. The van der Waals surface area contributed by atoms with Crippen LogP contribution in [0.25, 0.3) is 0 Å². The van der Waals surface area contributed by atoms with Gasteiger partial charge in [0.05, 0.1) is 22.1 Å². The second-order valence-corrected chi connectivity index (χ2v) is 7.23. The van der Waals surface area contributed by atoms with Gasteiger partial charge in [-0.15, -0.1) is 0 Å². The van der Waals surface area contributed by atoms with E-state index in [1.54, 1.807) is 18.2 Å². The number of halogens is 1. The van der Waals surface area contributed by atoms with Gasteiger partial charge in [-0.1, -0.05) is 11.6 Å². The van der Waals surface area contributed by atoms with E-state index in [2.05, 4.69) is 5.32 Å². The molecule has 1 aliphatic rings. The van der Waals surface area contributed by atoms with Crippen molar-refractivity contribution in [3.05, 3.63) is 57.1 Å². The topological polar surface area (TPSA) is 134 Å². The van der Waals surface area contributed by atoms with Crippen LogP contribution in [-0.2, 0) is 14.3 Å². The van der Waals surface area contributed by atoms with Crippen molar-refractivity contribution < 1.29 is 33.5 Å². The molecule has 32 heavy (non-hydrogen) atoms. The van der Waals surface area contributed by atoms with Crippen molar-refractivity contribution in [3.63, 3.8) is 0 Å². The lowest BCUT2D eigenvalue weighted by Gasteiger charge is -2.18. The van der Waals surface area contributed by atoms with Crippen molar-refractivity contribution >= 4 is 40.6 Å². The van der Waals surface area contributed by atoms with Gasteiger partial charge in [-0.25, -0.2) is 0 Å². The number of amides is 1. The zero-order chi connectivity index (χ0) is 23.3. The molecule has 3 rings (SSSR count). The van der Waals surface area contributed by atoms with Crippen LogP contribution >= 0.6 is 11.6 Å². The minimum absolute atomic E-state index is 0.0163. The highest BCUT2D eigenvalue weighted by Crippen LogP contribution is 2.31. The van der Waals surface area contributed by atoms with Gasteiger partial charge in [0.15, 0.2) is 23.4 Å². The Bertz CT molecular complexity index is 1070. The predicted octanol–water partition coefficient (Wildman–Crippen LogP) is 3.55. The number of Topliss-reactive ketones (excluding diaryl/α,β-unsaturated/α-hetero) is 1. The maximum Gasteiger partial charge on any atom is 0.307 e. The Morgan fingerprint density at radius 1 is 1.12 bits per heavy atom. The molecule has 1 N–H and O–H groups in total. The van der Waals surface area contributed by atoms with Gasteiger partial charge in [0.25, 0.3) is 11.6 Å². The number of esters is 1. The van der Waals surface area contributed by atoms with Crippen LogP contribution in [0, 0.1) is 10.1 Å². The summed E-state index contributed by atoms with van der Waals surface area (Å²) in [5, 5.41) is 13.3. The van der Waals surface area contributed by atoms with E-state index in [1.807, 2.05) is 0 Å². The molecular formula is C21H19ClN2O8. The smallest absolute Gasteiger partial charge is 0.307 e. The number of non-ortho nitro benzene ring substituents is 1. The quantitative estimate of drug-likeness (QED) is 0.272. The van der Waals surface area contributed by atoms with Crippen molar-refractivity contribution in [3.8, 4) is 11.5 Å². The van der Waals surface area contributed by atoms with Crippen LogP contribution in [0.4, 0.5) is 11.4 Å². The maximum atomic E-state index is 12.4. The Morgan fingerprint density at radius 2 is 1.84 bits per heavy atom. The summed E-state index contributed by atoms with van der Waals surface area (Å²) in [6.07, 6.45) is -1.56. The number of hydrogen-bond donors (Lipinski definition) is 1. The molecule has 0 saturated carbocycles. The lowest BCUT2D eigenvalue weighted by atomic mass is 10.1. The number of benzene rings is 2. The minimum Gasteiger partial charge on any atom is -0.486 e. The Kier molecular flexibility index (Phi) is 7.26. The molecule has 2 aromatic rings. The van der Waals surface area contributed by atoms with Crippen LogP contribution < -0.4 is 14.8 Å². The van der Waals surface area contributed by atoms with Crippen LogP contribution in [0.1, 0.15) is 30.1 Å². The first-order valence-electron chi connectivity index (χ1n) is 9.61. The van der Waals surface area contributed by atoms with E-state index >= 15 is 0 Å². The van der Waals surface area contributed by atoms with Crippen molar-refractivity contribution in [2.45, 2.75) is 25.9 Å². The molecule has 0 saturated heterocycles. The second-order valence-electron chi connectivity index (χ2n) is 6.82. The number of nitrogens with zero attached hydrogens (tertiary/aromatic N) is 1. The molecule has 0 aromatic heterocycles. The number of anilines is 1. The van der Waals surface area contributed by atoms with Crippen LogP contribution in [0.15, 0.2) is 36.4 Å². The van der Waals surface area contributed by atoms with Crippen molar-refractivity contribution in [2.24, 2.45) is 0 Å². The standard InChI is InChI=1S/C21H19ClN2O8/c1-12(21(27)23-16-11-14(24(28)29)3-4-15(16)22)32-20(26)7-5-17(25)13-2-6-18-19(10-13)31-9-8-30-18/h2-4,6,10-12H,5,7-9H2,1H3,(H,23,27). The number of ether oxygens (including phenoxy) is 3. The number of nitrogens with one attached hydrogen (secondary N) is 1. The highest BCUT2D eigenvalue weighted by molar-refractivity contribution is 6.33. The number of nitro groups is 1. The summed E-state index contributed by atoms with van der Waals surface area (Å²) in [5.41, 5.74) is 0.128. The summed E-state index contributed by atoms with van der Waals surface area (Å²) in [4.78, 5) is 46.9. The molecule has 1 atom stereocenters. The molecule has 168 valence electrons. The molecule has 1 amide bonds. The van der Waals surface area contributed by atoms with Gasteiger partial charge in [-0.2, -0.15) is 0 Å². The second kappa shape index (κ2) is 10.1. The first-order valence-corrected chi connectivity index (χ1v) is 9.99. The molecule has 2 aromatic carbocycles. The molecular weight excluding hydrogens is 444 g/mol. The van der Waals surface area contributed by atoms with Crippen LogP contribution in [0.2, 0.25) is 5.02 Å². The molecule has 1 heterocycles. The van der Waals surface area contributed by atoms with E-state index < -0.39 is 22.9 Å². The van der Waals surface area contributed by atoms with Gasteiger partial charge in [0.1, 0.15) is 13.2 Å². The lowest BCUT2D eigenvalue weighted by Crippen LogP contribution is -2.30. The fraction of sp³-hybridized carbons (Fsp3) is 0.286. The van der Waals surface area contributed by atoms with Crippen LogP contribution in [-0.4, -0.2) is 41.9 Å². The molecule has 11 heteroatoms. The molecule has 0 spiro atoms. The number of carbonyl (C=O) groups excluding carboxylic acids is 3. The van der Waals surface area contributed by atoms with E-state index in [0.717, 1.165) is 6.07 Å². The third kappa shape index (κ3) is 5.73. The zero-order valence-corrected chi connectivity index (χ0v) is 17.7. The lowest BCUT2D eigenvalue weighted by molar-refractivity contribution is -0.384. The summed E-state index contributed by atoms with van der Waals surface area (Å²) in [6, 6.07) is 8.34. The number of carbonyl (C=O) groups is 3. The number of rotatable bonds is 8. The van der Waals surface area contributed by atoms with Gasteiger partial charge in [-0.05, 0) is 31.2 Å². The number of fused-ring (bicyclic) bond motifs is 1. The predicted molar refractivity (Wildman–Crippen MR) is 113 cm³/mol. The van der Waals surface area contributed by atoms with Gasteiger partial charge in [0.2, 0.25) is 0 Å². The van der Waals surface area contributed by atoms with E-state index in [0.29, 0.717) is 30.3 Å². The summed E-state index contributed by atoms with van der Waals surface area (Å²) in [6.45, 7) is 2.16. The van der Waals surface area contributed by atoms with Crippen molar-refractivity contribution in [1.82, 2.24) is 0 Å². The Labute approximate surface area is 187 Å². The summed E-state index contributed by atoms with van der Waals surface area (Å²) >= 11 is 5.94. The van der Waals surface area contributed by atoms with Crippen molar-refractivity contribution in [1.29, 1.82) is 0 Å². The first kappa shape index (κ1) is 23.0. The molecule has 0 fully saturated rings. The molecule has 0 bridgehead atoms. The molecule has 1 aliphatic heterocycles. The Hall–Kier alpha value is -3.66. The molecule has 10 nitrogen and oxygen atoms in total. The van der Waals surface area contributed by atoms with Gasteiger partial charge >= 0.3 is 5.97 Å². The van der Waals surface area contributed by atoms with E-state index in [-0.39, 0.29) is 35.0 Å². The van der Waals surface area contributed by atoms with Gasteiger partial charge in [-0.3, -0.25) is 24.5 Å². The number of ketones is 1. The van der Waals surface area contributed by atoms with Gasteiger partial charge < -0.3 is 19.5 Å². The third-order valence-electron chi connectivity index (χ3n) is 4.52. The zero-order valence-electron chi connectivity index (χ0n) is 17.0. The minimum atomic E-state index is -1.21. The largest absolute Gasteiger partial charge is 0.486 e. The van der Waals surface area contributed by atoms with Crippen molar-refractivity contribution in [2.75, 3.05) is 18.5 Å². The Morgan fingerprint density at radius 3 is 2.56 bits per heavy atom. The van der Waals surface area contributed by atoms with E-state index in [4.69, 9.17) is 25.8 Å². The monoisotopic (exact) mass is 462 g/mol. The van der Waals surface area contributed by atoms with Gasteiger partial charge in [0, 0.05) is 24.1 Å². The van der Waals surface area contributed by atoms with Crippen LogP contribution in [0.3, 0.4) is 0 Å². The summed E-state index contributed by atoms with van der Waals surface area (Å²) in [5.74, 6) is -0.743. The summed E-state index contributed by atoms with van der Waals surface area (Å²) in [7, 11) is 0. The Balaban J connectivity index is 1.51.